The Morgan fingerprint density at radius 1 is 1.35 bits per heavy atom. The van der Waals surface area contributed by atoms with E-state index >= 15 is 0 Å². The quantitative estimate of drug-likeness (QED) is 0.632. The summed E-state index contributed by atoms with van der Waals surface area (Å²) >= 11 is 0. The number of carbonyl (C=O) groups is 2. The van der Waals surface area contributed by atoms with Gasteiger partial charge in [-0.3, -0.25) is 15.0 Å². The maximum Gasteiger partial charge on any atom is 0.309 e. The second-order valence-electron chi connectivity index (χ2n) is 6.39. The molecule has 7 heteroatoms. The second-order valence-corrected chi connectivity index (χ2v) is 6.39. The van der Waals surface area contributed by atoms with E-state index in [4.69, 9.17) is 5.11 Å². The van der Waals surface area contributed by atoms with Crippen LogP contribution in [0, 0.1) is 17.2 Å². The van der Waals surface area contributed by atoms with Gasteiger partial charge in [-0.15, -0.1) is 0 Å². The highest BCUT2D eigenvalue weighted by Gasteiger charge is 2.34. The van der Waals surface area contributed by atoms with Crippen molar-refractivity contribution < 1.29 is 19.1 Å². The number of amides is 1. The first-order valence-corrected chi connectivity index (χ1v) is 7.56. The topological polar surface area (TPSA) is 90.5 Å². The lowest BCUT2D eigenvalue weighted by Crippen LogP contribution is -2.37. The normalized spacial score (nSPS) is 21.2. The zero-order valence-electron chi connectivity index (χ0n) is 13.2. The van der Waals surface area contributed by atoms with Gasteiger partial charge in [0.25, 0.3) is 0 Å². The molecule has 1 heterocycles. The number of hydrogen-bond acceptors (Lipinski definition) is 4. The van der Waals surface area contributed by atoms with E-state index in [1.165, 1.54) is 12.1 Å². The Bertz CT molecular complexity index is 574. The molecule has 1 aliphatic heterocycles. The summed E-state index contributed by atoms with van der Waals surface area (Å²) in [5.74, 6) is -1.71. The van der Waals surface area contributed by atoms with Crippen LogP contribution in [0.25, 0.3) is 0 Å². The largest absolute Gasteiger partial charge is 0.481 e. The number of nitrogens with one attached hydrogen (secondary N) is 3. The smallest absolute Gasteiger partial charge is 0.309 e. The third-order valence-electron chi connectivity index (χ3n) is 4.18. The fraction of sp³-hybridized carbons (Fsp3) is 0.500. The van der Waals surface area contributed by atoms with Crippen molar-refractivity contribution in [3.8, 4) is 0 Å². The molecule has 2 rings (SSSR count). The number of hydrogen-bond donors (Lipinski definition) is 4. The predicted octanol–water partition coefficient (Wildman–Crippen LogP) is 1.21. The number of carboxylic acids is 1. The molecule has 0 radical (unpaired) electrons. The van der Waals surface area contributed by atoms with Crippen molar-refractivity contribution in [2.75, 3.05) is 13.1 Å². The predicted molar refractivity (Wildman–Crippen MR) is 82.8 cm³/mol. The molecule has 0 aromatic heterocycles. The molecule has 23 heavy (non-hydrogen) atoms. The van der Waals surface area contributed by atoms with Crippen molar-refractivity contribution in [1.29, 1.82) is 0 Å². The Morgan fingerprint density at radius 3 is 2.61 bits per heavy atom. The van der Waals surface area contributed by atoms with E-state index in [0.717, 1.165) is 5.56 Å². The summed E-state index contributed by atoms with van der Waals surface area (Å²) in [6.45, 7) is 4.00. The first-order valence-electron chi connectivity index (χ1n) is 7.56. The molecule has 1 amide bonds. The first-order chi connectivity index (χ1) is 10.8. The van der Waals surface area contributed by atoms with E-state index < -0.39 is 11.4 Å². The van der Waals surface area contributed by atoms with Crippen molar-refractivity contribution in [3.63, 3.8) is 0 Å². The summed E-state index contributed by atoms with van der Waals surface area (Å²) in [7, 11) is 0. The van der Waals surface area contributed by atoms with E-state index in [1.54, 1.807) is 26.0 Å². The average molecular weight is 323 g/mol. The fourth-order valence-electron chi connectivity index (χ4n) is 2.46. The number of carboxylic acid groups (broad SMARTS) is 1. The molecule has 1 aromatic carbocycles. The van der Waals surface area contributed by atoms with E-state index in [1.807, 2.05) is 0 Å². The van der Waals surface area contributed by atoms with E-state index in [9.17, 15) is 14.0 Å². The minimum Gasteiger partial charge on any atom is -0.481 e. The van der Waals surface area contributed by atoms with Gasteiger partial charge in [-0.2, -0.15) is 0 Å². The number of benzene rings is 1. The molecule has 1 saturated heterocycles. The Hall–Kier alpha value is -1.99. The van der Waals surface area contributed by atoms with Crippen molar-refractivity contribution in [3.05, 3.63) is 35.6 Å². The minimum atomic E-state index is -0.889. The Kier molecular flexibility index (Phi) is 5.33. The summed E-state index contributed by atoms with van der Waals surface area (Å²) in [5, 5.41) is 11.9. The summed E-state index contributed by atoms with van der Waals surface area (Å²) < 4.78 is 13.0. The van der Waals surface area contributed by atoms with Crippen LogP contribution in [0.3, 0.4) is 0 Å². The van der Waals surface area contributed by atoms with Gasteiger partial charge >= 0.3 is 5.97 Å². The molecule has 1 aromatic rings. The maximum absolute atomic E-state index is 13.0. The number of halogens is 1. The van der Waals surface area contributed by atoms with Gasteiger partial charge in [0.2, 0.25) is 5.91 Å². The molecular formula is C16H22FN3O3. The molecule has 0 spiro atoms. The SMILES string of the molecule is CC(C)(CCNC(=O)C1CNNC1c1ccc(F)cc1)C(=O)O. The van der Waals surface area contributed by atoms with Gasteiger partial charge in [-0.05, 0) is 38.0 Å². The van der Waals surface area contributed by atoms with Crippen molar-refractivity contribution >= 4 is 11.9 Å². The molecule has 6 nitrogen and oxygen atoms in total. The van der Waals surface area contributed by atoms with Crippen LogP contribution in [0.1, 0.15) is 31.9 Å². The van der Waals surface area contributed by atoms with Crippen LogP contribution in [-0.2, 0) is 9.59 Å². The van der Waals surface area contributed by atoms with Crippen LogP contribution in [-0.4, -0.2) is 30.1 Å². The van der Waals surface area contributed by atoms with Crippen molar-refractivity contribution in [2.45, 2.75) is 26.3 Å². The van der Waals surface area contributed by atoms with Gasteiger partial charge < -0.3 is 10.4 Å². The van der Waals surface area contributed by atoms with Crippen LogP contribution in [0.5, 0.6) is 0 Å². The fourth-order valence-corrected chi connectivity index (χ4v) is 2.46. The monoisotopic (exact) mass is 323 g/mol. The van der Waals surface area contributed by atoms with Crippen molar-refractivity contribution in [2.24, 2.45) is 11.3 Å². The number of aliphatic carboxylic acids is 1. The highest BCUT2D eigenvalue weighted by atomic mass is 19.1. The van der Waals surface area contributed by atoms with Gasteiger partial charge in [0.1, 0.15) is 5.82 Å². The summed E-state index contributed by atoms with van der Waals surface area (Å²) in [6.07, 6.45) is 0.350. The number of rotatable bonds is 6. The lowest BCUT2D eigenvalue weighted by molar-refractivity contribution is -0.147. The molecule has 0 saturated carbocycles. The molecule has 0 bridgehead atoms. The van der Waals surface area contributed by atoms with E-state index in [-0.39, 0.29) is 23.7 Å². The number of carbonyl (C=O) groups excluding carboxylic acids is 1. The lowest BCUT2D eigenvalue weighted by Gasteiger charge is -2.21. The van der Waals surface area contributed by atoms with Gasteiger partial charge in [0.05, 0.1) is 17.4 Å². The van der Waals surface area contributed by atoms with Crippen LogP contribution in [0.2, 0.25) is 0 Å². The molecule has 0 aliphatic carbocycles. The molecule has 2 atom stereocenters. The highest BCUT2D eigenvalue weighted by molar-refractivity contribution is 5.80. The molecule has 2 unspecified atom stereocenters. The summed E-state index contributed by atoms with van der Waals surface area (Å²) in [5.41, 5.74) is 5.91. The third-order valence-corrected chi connectivity index (χ3v) is 4.18. The number of hydrazine groups is 1. The summed E-state index contributed by atoms with van der Waals surface area (Å²) in [4.78, 5) is 23.4. The maximum atomic E-state index is 13.0. The molecule has 4 N–H and O–H groups in total. The lowest BCUT2D eigenvalue weighted by atomic mass is 9.89. The average Bonchev–Trinajstić information content (AvgIpc) is 2.97. The van der Waals surface area contributed by atoms with Gasteiger partial charge in [-0.25, -0.2) is 9.82 Å². The Balaban J connectivity index is 1.93. The van der Waals surface area contributed by atoms with Crippen molar-refractivity contribution in [1.82, 2.24) is 16.2 Å². The first kappa shape index (κ1) is 17.4. The van der Waals surface area contributed by atoms with Gasteiger partial charge in [0.15, 0.2) is 0 Å². The molecular weight excluding hydrogens is 301 g/mol. The highest BCUT2D eigenvalue weighted by Crippen LogP contribution is 2.25. The summed E-state index contributed by atoms with van der Waals surface area (Å²) in [6, 6.07) is 5.77. The zero-order chi connectivity index (χ0) is 17.0. The Morgan fingerprint density at radius 2 is 2.00 bits per heavy atom. The molecule has 1 aliphatic rings. The van der Waals surface area contributed by atoms with E-state index in [2.05, 4.69) is 16.2 Å². The minimum absolute atomic E-state index is 0.155. The Labute approximate surface area is 134 Å². The van der Waals surface area contributed by atoms with E-state index in [0.29, 0.717) is 19.5 Å². The van der Waals surface area contributed by atoms with Crippen LogP contribution < -0.4 is 16.2 Å². The van der Waals surface area contributed by atoms with Gasteiger partial charge in [0, 0.05) is 13.1 Å². The zero-order valence-corrected chi connectivity index (χ0v) is 13.2. The van der Waals surface area contributed by atoms with Crippen LogP contribution >= 0.6 is 0 Å². The second kappa shape index (κ2) is 7.06. The molecule has 126 valence electrons. The van der Waals surface area contributed by atoms with Gasteiger partial charge in [-0.1, -0.05) is 12.1 Å². The van der Waals surface area contributed by atoms with Crippen LogP contribution in [0.15, 0.2) is 24.3 Å². The molecule has 1 fully saturated rings. The third kappa shape index (κ3) is 4.27. The van der Waals surface area contributed by atoms with Crippen LogP contribution in [0.4, 0.5) is 4.39 Å². The standard InChI is InChI=1S/C16H22FN3O3/c1-16(2,15(22)23)7-8-18-14(21)12-9-19-20-13(12)10-3-5-11(17)6-4-10/h3-6,12-13,19-20H,7-9H2,1-2H3,(H,18,21)(H,22,23).